The van der Waals surface area contributed by atoms with Crippen LogP contribution in [0.25, 0.3) is 0 Å². The van der Waals surface area contributed by atoms with E-state index in [0.29, 0.717) is 25.9 Å². The Labute approximate surface area is 223 Å². The van der Waals surface area contributed by atoms with E-state index in [1.807, 2.05) is 0 Å². The number of fused-ring (bicyclic) bond motifs is 1. The Morgan fingerprint density at radius 1 is 1.18 bits per heavy atom. The number of carboxylic acids is 1. The van der Waals surface area contributed by atoms with Gasteiger partial charge in [0.05, 0.1) is 15.6 Å². The Morgan fingerprint density at radius 3 is 2.41 bits per heavy atom. The van der Waals surface area contributed by atoms with Crippen LogP contribution in [0.3, 0.4) is 0 Å². The summed E-state index contributed by atoms with van der Waals surface area (Å²) in [7, 11) is 0. The summed E-state index contributed by atoms with van der Waals surface area (Å²) in [6.07, 6.45) is 1.11. The fourth-order valence-electron chi connectivity index (χ4n) is 6.78. The van der Waals surface area contributed by atoms with Gasteiger partial charge in [-0.15, -0.1) is 0 Å². The van der Waals surface area contributed by atoms with Crippen LogP contribution in [-0.2, 0) is 25.7 Å². The van der Waals surface area contributed by atoms with Crippen LogP contribution >= 0.6 is 45.2 Å². The van der Waals surface area contributed by atoms with Gasteiger partial charge in [0.15, 0.2) is 6.10 Å². The lowest BCUT2D eigenvalue weighted by atomic mass is 9.47. The van der Waals surface area contributed by atoms with E-state index in [4.69, 9.17) is 19.3 Å². The number of carbonyl (C=O) groups excluding carboxylic acids is 1. The smallest absolute Gasteiger partial charge is 0.378 e. The minimum absolute atomic E-state index is 0.0630. The highest BCUT2D eigenvalue weighted by Gasteiger charge is 2.68. The molecule has 6 rings (SSSR count). The first-order valence-corrected chi connectivity index (χ1v) is 13.7. The summed E-state index contributed by atoms with van der Waals surface area (Å²) < 4.78 is 49.2. The molecular formula is C24H26F2I2O6. The Bertz CT molecular complexity index is 1030. The largest absolute Gasteiger partial charge is 0.477 e. The maximum Gasteiger partial charge on any atom is 0.378 e. The Hall–Kier alpha value is -0.760. The number of carboxylic acid groups (broad SMARTS) is 1. The van der Waals surface area contributed by atoms with Crippen LogP contribution in [0.2, 0.25) is 0 Å². The summed E-state index contributed by atoms with van der Waals surface area (Å²) in [4.78, 5) is 24.6. The number of hydrogen-bond acceptors (Lipinski definition) is 5. The van der Waals surface area contributed by atoms with Crippen molar-refractivity contribution in [2.45, 2.75) is 70.4 Å². The summed E-state index contributed by atoms with van der Waals surface area (Å²) in [6, 6.07) is 4.11. The van der Waals surface area contributed by atoms with E-state index >= 15 is 0 Å². The fourth-order valence-corrected chi connectivity index (χ4v) is 8.86. The minimum atomic E-state index is -4.15. The first-order chi connectivity index (χ1) is 15.9. The zero-order valence-electron chi connectivity index (χ0n) is 18.8. The first-order valence-electron chi connectivity index (χ1n) is 11.5. The standard InChI is InChI=1S/C24H26F2I2O6/c1-11(2)19(23(25,26)20(29)30)33-21(31)22-7-12-3-14(8-22)24(15(4-12)9-22)32-10-13-5-16(27)6-17(28)18(13)34-24/h5-6,11-12,14-15,19H,3-4,7-10H2,1-2H3,(H,29,30). The molecule has 4 bridgehead atoms. The number of rotatable bonds is 5. The van der Waals surface area contributed by atoms with E-state index in [1.54, 1.807) is 0 Å². The molecule has 5 aliphatic rings. The third kappa shape index (κ3) is 3.75. The van der Waals surface area contributed by atoms with Crippen molar-refractivity contribution in [2.24, 2.45) is 29.1 Å². The Morgan fingerprint density at radius 2 is 1.82 bits per heavy atom. The number of alkyl halides is 2. The molecule has 3 atom stereocenters. The van der Waals surface area contributed by atoms with Gasteiger partial charge in [0.1, 0.15) is 5.75 Å². The van der Waals surface area contributed by atoms with Crippen molar-refractivity contribution in [3.63, 3.8) is 0 Å². The lowest BCUT2D eigenvalue weighted by Gasteiger charge is -2.63. The molecule has 1 heterocycles. The summed E-state index contributed by atoms with van der Waals surface area (Å²) in [5, 5.41) is 9.02. The van der Waals surface area contributed by atoms with Gasteiger partial charge in [0, 0.05) is 21.0 Å². The normalized spacial score (nSPS) is 34.6. The lowest BCUT2D eigenvalue weighted by molar-refractivity contribution is -0.327. The van der Waals surface area contributed by atoms with Crippen molar-refractivity contribution in [3.8, 4) is 5.75 Å². The molecule has 1 spiro atoms. The molecule has 4 saturated carbocycles. The average Bonchev–Trinajstić information content (AvgIpc) is 2.75. The molecule has 1 aromatic carbocycles. The number of ether oxygens (including phenoxy) is 3. The highest BCUT2D eigenvalue weighted by Crippen LogP contribution is 2.66. The molecule has 4 fully saturated rings. The maximum atomic E-state index is 14.4. The highest BCUT2D eigenvalue weighted by molar-refractivity contribution is 14.1. The highest BCUT2D eigenvalue weighted by atomic mass is 127. The second kappa shape index (κ2) is 8.39. The number of esters is 1. The van der Waals surface area contributed by atoms with Gasteiger partial charge in [-0.3, -0.25) is 4.79 Å². The van der Waals surface area contributed by atoms with Gasteiger partial charge >= 0.3 is 17.9 Å². The number of halogens is 4. The summed E-state index contributed by atoms with van der Waals surface area (Å²) in [5.74, 6) is -7.85. The van der Waals surface area contributed by atoms with E-state index in [9.17, 15) is 18.4 Å². The third-order valence-corrected chi connectivity index (χ3v) is 9.47. The predicted molar refractivity (Wildman–Crippen MR) is 133 cm³/mol. The van der Waals surface area contributed by atoms with Crippen molar-refractivity contribution < 1.29 is 37.7 Å². The summed E-state index contributed by atoms with van der Waals surface area (Å²) in [6.45, 7) is 3.30. The van der Waals surface area contributed by atoms with Crippen LogP contribution in [0.15, 0.2) is 12.1 Å². The molecule has 1 aliphatic heterocycles. The van der Waals surface area contributed by atoms with Crippen molar-refractivity contribution >= 4 is 57.1 Å². The molecule has 10 heteroatoms. The van der Waals surface area contributed by atoms with Crippen molar-refractivity contribution in [2.75, 3.05) is 0 Å². The van der Waals surface area contributed by atoms with E-state index < -0.39 is 41.1 Å². The molecule has 1 N–H and O–H groups in total. The zero-order valence-corrected chi connectivity index (χ0v) is 23.1. The number of aliphatic carboxylic acids is 1. The number of benzene rings is 1. The summed E-state index contributed by atoms with van der Waals surface area (Å²) in [5.41, 5.74) is 0.0934. The molecule has 4 aliphatic carbocycles. The molecule has 0 amide bonds. The summed E-state index contributed by atoms with van der Waals surface area (Å²) >= 11 is 4.54. The van der Waals surface area contributed by atoms with Crippen LogP contribution in [0.5, 0.6) is 5.75 Å². The quantitative estimate of drug-likeness (QED) is 0.318. The van der Waals surface area contributed by atoms with E-state index in [0.717, 1.165) is 31.3 Å². The van der Waals surface area contributed by atoms with Gasteiger partial charge < -0.3 is 19.3 Å². The predicted octanol–water partition coefficient (Wildman–Crippen LogP) is 5.62. The average molecular weight is 702 g/mol. The molecule has 0 saturated heterocycles. The van der Waals surface area contributed by atoms with Crippen molar-refractivity contribution in [1.82, 2.24) is 0 Å². The monoisotopic (exact) mass is 702 g/mol. The van der Waals surface area contributed by atoms with Crippen LogP contribution < -0.4 is 4.74 Å². The maximum absolute atomic E-state index is 14.4. The van der Waals surface area contributed by atoms with Gasteiger partial charge in [-0.1, -0.05) is 13.8 Å². The first kappa shape index (κ1) is 24.9. The van der Waals surface area contributed by atoms with E-state index in [2.05, 4.69) is 57.3 Å². The second-order valence-electron chi connectivity index (χ2n) is 10.6. The fraction of sp³-hybridized carbons (Fsp3) is 0.667. The molecule has 6 nitrogen and oxygen atoms in total. The molecule has 1 aromatic rings. The van der Waals surface area contributed by atoms with E-state index in [1.165, 1.54) is 13.8 Å². The Balaban J connectivity index is 1.42. The van der Waals surface area contributed by atoms with Crippen molar-refractivity contribution in [1.29, 1.82) is 0 Å². The SMILES string of the molecule is CC(C)C(OC(=O)C12CC3CC(C1)C1(OCc4cc(I)cc(I)c4O1)C(C3)C2)C(F)(F)C(=O)O. The van der Waals surface area contributed by atoms with Gasteiger partial charge in [-0.05, 0) is 101 Å². The molecule has 0 aromatic heterocycles. The lowest BCUT2D eigenvalue weighted by Crippen LogP contribution is -2.67. The number of hydrogen-bond donors (Lipinski definition) is 1. The zero-order chi connectivity index (χ0) is 24.6. The van der Waals surface area contributed by atoms with Crippen LogP contribution in [0, 0.1) is 36.2 Å². The van der Waals surface area contributed by atoms with Gasteiger partial charge in [0.25, 0.3) is 0 Å². The van der Waals surface area contributed by atoms with Crippen LogP contribution in [0.4, 0.5) is 8.78 Å². The van der Waals surface area contributed by atoms with Gasteiger partial charge in [0.2, 0.25) is 5.79 Å². The van der Waals surface area contributed by atoms with E-state index in [-0.39, 0.29) is 17.8 Å². The molecule has 34 heavy (non-hydrogen) atoms. The van der Waals surface area contributed by atoms with Gasteiger partial charge in [-0.2, -0.15) is 8.78 Å². The van der Waals surface area contributed by atoms with Crippen LogP contribution in [0.1, 0.15) is 51.5 Å². The topological polar surface area (TPSA) is 82.1 Å². The number of carbonyl (C=O) groups is 2. The van der Waals surface area contributed by atoms with Crippen molar-refractivity contribution in [3.05, 3.63) is 24.8 Å². The second-order valence-corrected chi connectivity index (χ2v) is 13.0. The molecule has 3 unspecified atom stereocenters. The van der Waals surface area contributed by atoms with Gasteiger partial charge in [-0.25, -0.2) is 4.79 Å². The van der Waals surface area contributed by atoms with Crippen LogP contribution in [-0.4, -0.2) is 34.9 Å². The Kier molecular flexibility index (Phi) is 6.15. The molecule has 0 radical (unpaired) electrons. The third-order valence-electron chi connectivity index (χ3n) is 8.04. The minimum Gasteiger partial charge on any atom is -0.477 e. The molecular weight excluding hydrogens is 676 g/mol. The molecule has 186 valence electrons.